The molecule has 22 rings (SSSR count). The fraction of sp³-hybridized carbons (Fsp3) is 0. The van der Waals surface area contributed by atoms with Crippen molar-refractivity contribution in [3.8, 4) is 157 Å². The molecule has 12 nitrogen and oxygen atoms in total. The van der Waals surface area contributed by atoms with E-state index in [0.29, 0.717) is 46.4 Å². The molecule has 0 fully saturated rings. The summed E-state index contributed by atoms with van der Waals surface area (Å²) in [6, 6.07) is 135. The van der Waals surface area contributed by atoms with Gasteiger partial charge in [0.05, 0.1) is 27.5 Å². The van der Waals surface area contributed by atoms with Crippen molar-refractivity contribution in [3.05, 3.63) is 401 Å². The summed E-state index contributed by atoms with van der Waals surface area (Å²) >= 11 is 0. The Kier molecular flexibility index (Phi) is 18.0. The summed E-state index contributed by atoms with van der Waals surface area (Å²) < 4.78 is 12.3. The molecule has 0 saturated carbocycles. The highest BCUT2D eigenvalue weighted by molar-refractivity contribution is 6.18. The van der Waals surface area contributed by atoms with Crippen molar-refractivity contribution in [2.75, 3.05) is 0 Å². The summed E-state index contributed by atoms with van der Waals surface area (Å²) in [4.78, 5) is 49.0. The topological polar surface area (TPSA) is 155 Å². The van der Waals surface area contributed by atoms with Crippen LogP contribution in [0, 0.1) is 0 Å². The van der Waals surface area contributed by atoms with E-state index in [1.165, 1.54) is 11.1 Å². The van der Waals surface area contributed by atoms with Crippen LogP contribution in [0.25, 0.3) is 224 Å². The third-order valence-electron chi connectivity index (χ3n) is 21.6. The van der Waals surface area contributed by atoms with Crippen LogP contribution in [0.3, 0.4) is 0 Å². The van der Waals surface area contributed by atoms with Crippen molar-refractivity contribution in [3.63, 3.8) is 0 Å². The molecular weight excluding hydrogens is 1450 g/mol. The molecule has 0 N–H and O–H groups in total. The first-order valence-corrected chi connectivity index (χ1v) is 39.1. The van der Waals surface area contributed by atoms with Gasteiger partial charge >= 0.3 is 0 Å². The summed E-state index contributed by atoms with van der Waals surface area (Å²) in [5, 5.41) is 2.96. The van der Waals surface area contributed by atoms with Gasteiger partial charge in [-0.1, -0.05) is 340 Å². The molecule has 0 radical (unpaired) electrons. The quantitative estimate of drug-likeness (QED) is 0.102. The molecule has 22 aromatic rings. The van der Waals surface area contributed by atoms with E-state index in [0.717, 1.165) is 166 Å². The molecular formula is C106H66N10O2. The second-order valence-electron chi connectivity index (χ2n) is 29.0. The first-order valence-electron chi connectivity index (χ1n) is 39.1. The molecule has 0 aliphatic rings. The van der Waals surface area contributed by atoms with Gasteiger partial charge in [-0.15, -0.1) is 0 Å². The van der Waals surface area contributed by atoms with E-state index in [1.54, 1.807) is 0 Å². The monoisotopic (exact) mass is 1510 g/mol. The average Bonchev–Trinajstić information content (AvgIpc) is 1.56. The molecule has 118 heavy (non-hydrogen) atoms. The van der Waals surface area contributed by atoms with Gasteiger partial charge in [0.2, 0.25) is 11.4 Å². The van der Waals surface area contributed by atoms with Crippen molar-refractivity contribution in [2.45, 2.75) is 0 Å². The molecule has 15 aromatic carbocycles. The first kappa shape index (κ1) is 69.7. The summed E-state index contributed by atoms with van der Waals surface area (Å²) in [5.41, 5.74) is 30.3. The Morgan fingerprint density at radius 1 is 0.169 bits per heavy atom. The fourth-order valence-corrected chi connectivity index (χ4v) is 15.5. The molecule has 0 aliphatic carbocycles. The van der Waals surface area contributed by atoms with Gasteiger partial charge in [0.25, 0.3) is 0 Å². The van der Waals surface area contributed by atoms with Crippen molar-refractivity contribution in [1.29, 1.82) is 0 Å². The normalized spacial score (nSPS) is 11.4. The van der Waals surface area contributed by atoms with Crippen molar-refractivity contribution in [2.24, 2.45) is 0 Å². The minimum atomic E-state index is 0.553. The van der Waals surface area contributed by atoms with E-state index in [9.17, 15) is 0 Å². The van der Waals surface area contributed by atoms with E-state index in [2.05, 4.69) is 261 Å². The molecule has 0 spiro atoms. The van der Waals surface area contributed by atoms with Gasteiger partial charge in [0.15, 0.2) is 34.9 Å². The van der Waals surface area contributed by atoms with Crippen LogP contribution in [-0.4, -0.2) is 49.8 Å². The Labute approximate surface area is 678 Å². The fourth-order valence-electron chi connectivity index (χ4n) is 15.5. The molecule has 0 atom stereocenters. The minimum Gasteiger partial charge on any atom is -0.438 e. The van der Waals surface area contributed by atoms with Crippen LogP contribution in [0.15, 0.2) is 409 Å². The lowest BCUT2D eigenvalue weighted by Gasteiger charge is -2.11. The third-order valence-corrected chi connectivity index (χ3v) is 21.6. The standard InChI is InChI=1S/2C53H33N5O/c1-3-11-34(12-4-1)35-24-28-40(29-25-35)51-56-50(39-13-5-2-6-14-39)57-52(58-51)41-30-26-37(27-31-41)36-20-22-38(23-21-36)42-15-9-16-43(33-42)47-48-44-17-7-8-19-46(44)59-53(48)55-45-18-10-32-54-49(45)47;1-3-10-34(11-4-1)35-22-26-40(27-23-35)51-56-50(39-12-5-2-6-13-39)57-52(58-51)41-28-24-37(25-29-41)36-18-20-38(21-19-36)42-14-9-15-43(32-42)44-30-31-48-45(33-44)49-53(59-48)55-47-17-8-7-16-46(47)54-49/h2*1-33H. The first-order chi connectivity index (χ1) is 58.4. The number of furan rings is 2. The Morgan fingerprint density at radius 2 is 0.458 bits per heavy atom. The number of rotatable bonds is 14. The van der Waals surface area contributed by atoms with Gasteiger partial charge in [-0.05, 0) is 138 Å². The summed E-state index contributed by atoms with van der Waals surface area (Å²) in [7, 11) is 0. The molecule has 12 heteroatoms. The van der Waals surface area contributed by atoms with Crippen LogP contribution < -0.4 is 0 Å². The Balaban J connectivity index is 0.000000147. The summed E-state index contributed by atoms with van der Waals surface area (Å²) in [6.07, 6.45) is 1.83. The number of pyridine rings is 2. The maximum absolute atomic E-state index is 6.24. The lowest BCUT2D eigenvalue weighted by Crippen LogP contribution is -2.00. The van der Waals surface area contributed by atoms with E-state index in [1.807, 2.05) is 140 Å². The average molecular weight is 1510 g/mol. The number of benzene rings is 15. The highest BCUT2D eigenvalue weighted by atomic mass is 16.3. The third kappa shape index (κ3) is 13.8. The Bertz CT molecular complexity index is 7480. The molecule has 0 bridgehead atoms. The molecule has 0 unspecified atom stereocenters. The molecule has 7 heterocycles. The van der Waals surface area contributed by atoms with E-state index in [4.69, 9.17) is 58.7 Å². The molecule has 0 amide bonds. The maximum atomic E-state index is 6.24. The zero-order chi connectivity index (χ0) is 78.2. The van der Waals surface area contributed by atoms with Crippen LogP contribution in [-0.2, 0) is 0 Å². The predicted octanol–water partition coefficient (Wildman–Crippen LogP) is 26.8. The minimum absolute atomic E-state index is 0.553. The van der Waals surface area contributed by atoms with Crippen LogP contribution >= 0.6 is 0 Å². The Morgan fingerprint density at radius 3 is 0.907 bits per heavy atom. The van der Waals surface area contributed by atoms with E-state index in [-0.39, 0.29) is 0 Å². The van der Waals surface area contributed by atoms with E-state index >= 15 is 0 Å². The predicted molar refractivity (Wildman–Crippen MR) is 477 cm³/mol. The SMILES string of the molecule is c1ccc(-c2ccc(-c3nc(-c4ccccc4)nc(-c4ccc(-c5ccc(-c6cccc(-c7c8ncccc8nc8oc9ccccc9c78)c6)cc5)cc4)n3)cc2)cc1.c1ccc(-c2ccc(-c3nc(-c4ccccc4)nc(-c4ccc(-c5ccc(-c6cccc(-c7ccc8oc9nc%10ccccc%10nc9c8c7)c6)cc5)cc4)n3)cc2)cc1. The second kappa shape index (κ2) is 30.4. The number of fused-ring (bicyclic) bond motifs is 8. The van der Waals surface area contributed by atoms with Gasteiger partial charge < -0.3 is 8.83 Å². The number of aromatic nitrogens is 10. The molecule has 0 aliphatic heterocycles. The van der Waals surface area contributed by atoms with Crippen LogP contribution in [0.5, 0.6) is 0 Å². The lowest BCUT2D eigenvalue weighted by atomic mass is 9.94. The van der Waals surface area contributed by atoms with Gasteiger partial charge in [-0.25, -0.2) is 44.9 Å². The van der Waals surface area contributed by atoms with Gasteiger partial charge in [-0.3, -0.25) is 4.98 Å². The highest BCUT2D eigenvalue weighted by Gasteiger charge is 2.22. The highest BCUT2D eigenvalue weighted by Crippen LogP contribution is 2.43. The lowest BCUT2D eigenvalue weighted by molar-refractivity contribution is 0.655. The maximum Gasteiger partial charge on any atom is 0.246 e. The van der Waals surface area contributed by atoms with Crippen LogP contribution in [0.4, 0.5) is 0 Å². The zero-order valence-electron chi connectivity index (χ0n) is 63.4. The zero-order valence-corrected chi connectivity index (χ0v) is 63.4. The number of hydrogen-bond donors (Lipinski definition) is 0. The van der Waals surface area contributed by atoms with Crippen molar-refractivity contribution < 1.29 is 8.83 Å². The van der Waals surface area contributed by atoms with Crippen LogP contribution in [0.2, 0.25) is 0 Å². The molecule has 552 valence electrons. The summed E-state index contributed by atoms with van der Waals surface area (Å²) in [5.74, 6) is 3.80. The summed E-state index contributed by atoms with van der Waals surface area (Å²) in [6.45, 7) is 0. The van der Waals surface area contributed by atoms with Gasteiger partial charge in [0.1, 0.15) is 16.7 Å². The van der Waals surface area contributed by atoms with E-state index < -0.39 is 0 Å². The van der Waals surface area contributed by atoms with Crippen LogP contribution in [0.1, 0.15) is 0 Å². The largest absolute Gasteiger partial charge is 0.438 e. The molecule has 7 aromatic heterocycles. The molecule has 0 saturated heterocycles. The smallest absolute Gasteiger partial charge is 0.246 e. The number of para-hydroxylation sites is 3. The van der Waals surface area contributed by atoms with Crippen molar-refractivity contribution in [1.82, 2.24) is 49.8 Å². The van der Waals surface area contributed by atoms with Crippen molar-refractivity contribution >= 4 is 66.3 Å². The number of nitrogens with zero attached hydrogens (tertiary/aromatic N) is 10. The second-order valence-corrected chi connectivity index (χ2v) is 29.0. The number of hydrogen-bond acceptors (Lipinski definition) is 12. The van der Waals surface area contributed by atoms with Gasteiger partial charge in [-0.2, -0.15) is 0 Å². The van der Waals surface area contributed by atoms with Gasteiger partial charge in [0, 0.05) is 55.9 Å². The Hall–Kier alpha value is -16.2.